The van der Waals surface area contributed by atoms with Crippen LogP contribution in [0.5, 0.6) is 0 Å². The number of carboxylic acid groups (broad SMARTS) is 1. The number of aliphatic carboxylic acids is 1. The molecule has 3 atom stereocenters. The molecule has 142 valence electrons. The first-order chi connectivity index (χ1) is 11.9. The van der Waals surface area contributed by atoms with Crippen molar-refractivity contribution in [2.75, 3.05) is 19.6 Å². The third kappa shape index (κ3) is 4.26. The molecule has 3 rings (SSSR count). The third-order valence-electron chi connectivity index (χ3n) is 6.50. The molecule has 2 bridgehead atoms. The lowest BCUT2D eigenvalue weighted by molar-refractivity contribution is -0.139. The van der Waals surface area contributed by atoms with Crippen LogP contribution < -0.4 is 10.6 Å². The Hall–Kier alpha value is -1.34. The van der Waals surface area contributed by atoms with E-state index in [9.17, 15) is 14.7 Å². The molecule has 2 amide bonds. The molecular weight excluding hydrogens is 322 g/mol. The Kier molecular flexibility index (Phi) is 5.53. The Morgan fingerprint density at radius 3 is 2.56 bits per heavy atom. The van der Waals surface area contributed by atoms with Crippen molar-refractivity contribution in [3.05, 3.63) is 0 Å². The molecule has 7 nitrogen and oxygen atoms in total. The zero-order chi connectivity index (χ0) is 18.0. The highest BCUT2D eigenvalue weighted by Gasteiger charge is 2.49. The van der Waals surface area contributed by atoms with E-state index in [1.165, 1.54) is 6.42 Å². The number of nitrogens with one attached hydrogen (secondary N) is 2. The molecule has 3 aliphatic rings. The fourth-order valence-electron chi connectivity index (χ4n) is 5.03. The molecule has 0 radical (unpaired) electrons. The standard InChI is InChI=1S/C18H31N3O4/c1-2-21(11-16(22)23)15-8-14(9-15)20-17(24)19-6-5-18(25)10-12-3-4-13(18)7-12/h12-15,25H,2-11H2,1H3,(H,22,23)(H2,19,20,24). The lowest BCUT2D eigenvalue weighted by Crippen LogP contribution is -2.56. The molecule has 0 heterocycles. The summed E-state index contributed by atoms with van der Waals surface area (Å²) in [6, 6.07) is 0.163. The van der Waals surface area contributed by atoms with Crippen molar-refractivity contribution in [2.24, 2.45) is 11.8 Å². The highest BCUT2D eigenvalue weighted by molar-refractivity contribution is 5.74. The maximum absolute atomic E-state index is 12.0. The Bertz CT molecular complexity index is 509. The second-order valence-corrected chi connectivity index (χ2v) is 8.11. The SMILES string of the molecule is CCN(CC(=O)O)C1CC(NC(=O)NCCC2(O)CC3CCC2C3)C1. The number of nitrogens with zero attached hydrogens (tertiary/aromatic N) is 1. The van der Waals surface area contributed by atoms with E-state index in [0.29, 0.717) is 31.3 Å². The highest BCUT2D eigenvalue weighted by Crippen LogP contribution is 2.51. The third-order valence-corrected chi connectivity index (χ3v) is 6.50. The van der Waals surface area contributed by atoms with Gasteiger partial charge in [0.15, 0.2) is 0 Å². The molecule has 4 N–H and O–H groups in total. The molecule has 0 aromatic rings. The van der Waals surface area contributed by atoms with Gasteiger partial charge in [-0.2, -0.15) is 0 Å². The van der Waals surface area contributed by atoms with Gasteiger partial charge in [-0.15, -0.1) is 0 Å². The number of aliphatic hydroxyl groups is 1. The average Bonchev–Trinajstić information content (AvgIpc) is 3.08. The van der Waals surface area contributed by atoms with E-state index >= 15 is 0 Å². The quantitative estimate of drug-likeness (QED) is 0.525. The Labute approximate surface area is 149 Å². The minimum Gasteiger partial charge on any atom is -0.480 e. The number of likely N-dealkylation sites (N-methyl/N-ethyl adjacent to an activating group) is 1. The molecule has 25 heavy (non-hydrogen) atoms. The largest absolute Gasteiger partial charge is 0.480 e. The Morgan fingerprint density at radius 2 is 2.00 bits per heavy atom. The van der Waals surface area contributed by atoms with Gasteiger partial charge in [0, 0.05) is 18.6 Å². The topological polar surface area (TPSA) is 102 Å². The van der Waals surface area contributed by atoms with Crippen LogP contribution in [0.2, 0.25) is 0 Å². The van der Waals surface area contributed by atoms with Gasteiger partial charge in [0.1, 0.15) is 0 Å². The summed E-state index contributed by atoms with van der Waals surface area (Å²) >= 11 is 0. The lowest BCUT2D eigenvalue weighted by atomic mass is 9.82. The molecule has 0 aromatic heterocycles. The van der Waals surface area contributed by atoms with E-state index in [1.54, 1.807) is 0 Å². The second-order valence-electron chi connectivity index (χ2n) is 8.11. The zero-order valence-electron chi connectivity index (χ0n) is 15.0. The van der Waals surface area contributed by atoms with Crippen molar-refractivity contribution < 1.29 is 19.8 Å². The Balaban J connectivity index is 1.31. The molecule has 3 aliphatic carbocycles. The van der Waals surface area contributed by atoms with Crippen molar-refractivity contribution >= 4 is 12.0 Å². The average molecular weight is 353 g/mol. The van der Waals surface area contributed by atoms with Crippen molar-refractivity contribution in [1.82, 2.24) is 15.5 Å². The molecule has 3 fully saturated rings. The normalized spacial score (nSPS) is 36.3. The van der Waals surface area contributed by atoms with Crippen molar-refractivity contribution in [3.8, 4) is 0 Å². The van der Waals surface area contributed by atoms with Gasteiger partial charge in [-0.1, -0.05) is 6.92 Å². The zero-order valence-corrected chi connectivity index (χ0v) is 15.0. The smallest absolute Gasteiger partial charge is 0.317 e. The predicted octanol–water partition coefficient (Wildman–Crippen LogP) is 1.16. The first-order valence-corrected chi connectivity index (χ1v) is 9.62. The van der Waals surface area contributed by atoms with Gasteiger partial charge < -0.3 is 20.8 Å². The van der Waals surface area contributed by atoms with E-state index < -0.39 is 11.6 Å². The molecule has 0 aromatic carbocycles. The number of hydrogen-bond donors (Lipinski definition) is 4. The van der Waals surface area contributed by atoms with Gasteiger partial charge in [-0.3, -0.25) is 9.69 Å². The minimum atomic E-state index is -0.811. The summed E-state index contributed by atoms with van der Waals surface area (Å²) in [6.07, 6.45) is 6.64. The van der Waals surface area contributed by atoms with Crippen LogP contribution in [0.15, 0.2) is 0 Å². The van der Waals surface area contributed by atoms with Crippen LogP contribution in [0, 0.1) is 11.8 Å². The molecular formula is C18H31N3O4. The van der Waals surface area contributed by atoms with E-state index in [0.717, 1.165) is 32.1 Å². The van der Waals surface area contributed by atoms with Crippen LogP contribution in [-0.2, 0) is 4.79 Å². The van der Waals surface area contributed by atoms with Gasteiger partial charge >= 0.3 is 12.0 Å². The summed E-state index contributed by atoms with van der Waals surface area (Å²) in [5.74, 6) is 0.293. The minimum absolute atomic E-state index is 0.0564. The molecule has 7 heteroatoms. The summed E-state index contributed by atoms with van der Waals surface area (Å²) in [4.78, 5) is 24.8. The number of hydrogen-bond acceptors (Lipinski definition) is 4. The van der Waals surface area contributed by atoms with Crippen molar-refractivity contribution in [3.63, 3.8) is 0 Å². The van der Waals surface area contributed by atoms with Gasteiger partial charge in [-0.05, 0) is 63.3 Å². The lowest BCUT2D eigenvalue weighted by Gasteiger charge is -2.42. The van der Waals surface area contributed by atoms with Crippen molar-refractivity contribution in [2.45, 2.75) is 69.6 Å². The summed E-state index contributed by atoms with van der Waals surface area (Å²) in [7, 11) is 0. The number of carbonyl (C=O) groups excluding carboxylic acids is 1. The fourth-order valence-corrected chi connectivity index (χ4v) is 5.03. The molecule has 3 unspecified atom stereocenters. The number of rotatable bonds is 8. The highest BCUT2D eigenvalue weighted by atomic mass is 16.4. The van der Waals surface area contributed by atoms with Crippen LogP contribution in [0.25, 0.3) is 0 Å². The van der Waals surface area contributed by atoms with E-state index in [4.69, 9.17) is 5.11 Å². The number of carboxylic acids is 1. The summed E-state index contributed by atoms with van der Waals surface area (Å²) < 4.78 is 0. The molecule has 0 spiro atoms. The molecule has 0 aliphatic heterocycles. The number of amides is 2. The fraction of sp³-hybridized carbons (Fsp3) is 0.889. The maximum atomic E-state index is 12.0. The van der Waals surface area contributed by atoms with Gasteiger partial charge in [0.25, 0.3) is 0 Å². The molecule has 3 saturated carbocycles. The number of carbonyl (C=O) groups is 2. The van der Waals surface area contributed by atoms with Crippen LogP contribution in [0.3, 0.4) is 0 Å². The van der Waals surface area contributed by atoms with Gasteiger partial charge in [0.2, 0.25) is 0 Å². The van der Waals surface area contributed by atoms with Crippen molar-refractivity contribution in [1.29, 1.82) is 0 Å². The maximum Gasteiger partial charge on any atom is 0.317 e. The van der Waals surface area contributed by atoms with Crippen LogP contribution in [-0.4, -0.2) is 64.4 Å². The summed E-state index contributed by atoms with van der Waals surface area (Å²) in [5, 5.41) is 25.4. The molecule has 0 saturated heterocycles. The number of urea groups is 1. The summed E-state index contributed by atoms with van der Waals surface area (Å²) in [6.45, 7) is 3.22. The first kappa shape index (κ1) is 18.5. The van der Waals surface area contributed by atoms with E-state index in [1.807, 2.05) is 11.8 Å². The van der Waals surface area contributed by atoms with Crippen LogP contribution in [0.4, 0.5) is 4.79 Å². The van der Waals surface area contributed by atoms with E-state index in [-0.39, 0.29) is 24.7 Å². The van der Waals surface area contributed by atoms with E-state index in [2.05, 4.69) is 10.6 Å². The first-order valence-electron chi connectivity index (χ1n) is 9.62. The summed E-state index contributed by atoms with van der Waals surface area (Å²) in [5.41, 5.74) is -0.573. The number of fused-ring (bicyclic) bond motifs is 2. The van der Waals surface area contributed by atoms with Crippen LogP contribution >= 0.6 is 0 Å². The Morgan fingerprint density at radius 1 is 1.24 bits per heavy atom. The van der Waals surface area contributed by atoms with Gasteiger partial charge in [0.05, 0.1) is 12.1 Å². The second kappa shape index (κ2) is 7.50. The monoisotopic (exact) mass is 353 g/mol. The van der Waals surface area contributed by atoms with Gasteiger partial charge in [-0.25, -0.2) is 4.79 Å². The van der Waals surface area contributed by atoms with Crippen LogP contribution in [0.1, 0.15) is 51.9 Å². The predicted molar refractivity (Wildman–Crippen MR) is 93.2 cm³/mol.